The monoisotopic (exact) mass is 410 g/mol. The normalized spacial score (nSPS) is 14.3. The van der Waals surface area contributed by atoms with Crippen LogP contribution in [-0.4, -0.2) is 38.2 Å². The molecule has 2 aromatic carbocycles. The summed E-state index contributed by atoms with van der Waals surface area (Å²) in [6.07, 6.45) is 4.97. The highest BCUT2D eigenvalue weighted by molar-refractivity contribution is 5.97. The van der Waals surface area contributed by atoms with Crippen LogP contribution in [0.4, 0.5) is 4.39 Å². The van der Waals surface area contributed by atoms with Crippen molar-refractivity contribution in [2.24, 2.45) is 0 Å². The summed E-state index contributed by atoms with van der Waals surface area (Å²) >= 11 is 0. The summed E-state index contributed by atoms with van der Waals surface area (Å²) < 4.78 is 13.4. The molecule has 1 aliphatic heterocycles. The minimum absolute atomic E-state index is 0.255. The molecule has 6 nitrogen and oxygen atoms in total. The minimum Gasteiger partial charge on any atom is -0.337 e. The number of nitrogens with zero attached hydrogens (tertiary/aromatic N) is 3. The van der Waals surface area contributed by atoms with E-state index < -0.39 is 0 Å². The van der Waals surface area contributed by atoms with Crippen molar-refractivity contribution in [2.45, 2.75) is 6.42 Å². The van der Waals surface area contributed by atoms with Gasteiger partial charge in [-0.3, -0.25) is 10.1 Å². The number of aromatic nitrogens is 5. The van der Waals surface area contributed by atoms with Crippen LogP contribution in [0.1, 0.15) is 12.1 Å². The van der Waals surface area contributed by atoms with Crippen molar-refractivity contribution < 1.29 is 4.39 Å². The lowest BCUT2D eigenvalue weighted by Gasteiger charge is -2.13. The number of para-hydroxylation sites is 1. The van der Waals surface area contributed by atoms with E-state index in [2.05, 4.69) is 37.6 Å². The second-order valence-corrected chi connectivity index (χ2v) is 7.66. The number of nitrogens with one attached hydrogen (secondary N) is 3. The van der Waals surface area contributed by atoms with Gasteiger partial charge in [0.25, 0.3) is 0 Å². The van der Waals surface area contributed by atoms with Gasteiger partial charge >= 0.3 is 0 Å². The van der Waals surface area contributed by atoms with Crippen molar-refractivity contribution in [2.75, 3.05) is 13.1 Å². The molecule has 0 saturated carbocycles. The fraction of sp³-hybridized carbons (Fsp3) is 0.125. The molecule has 0 spiro atoms. The summed E-state index contributed by atoms with van der Waals surface area (Å²) in [5.74, 6) is 0.433. The topological polar surface area (TPSA) is 82.3 Å². The summed E-state index contributed by atoms with van der Waals surface area (Å²) in [6.45, 7) is 1.82. The lowest BCUT2D eigenvalue weighted by molar-refractivity contribution is 0.628. The first-order valence-electron chi connectivity index (χ1n) is 10.3. The van der Waals surface area contributed by atoms with E-state index in [4.69, 9.17) is 4.98 Å². The molecule has 0 amide bonds. The molecule has 7 heteroatoms. The molecule has 152 valence electrons. The van der Waals surface area contributed by atoms with Gasteiger partial charge in [0, 0.05) is 17.5 Å². The fourth-order valence-electron chi connectivity index (χ4n) is 4.13. The van der Waals surface area contributed by atoms with Crippen LogP contribution in [-0.2, 0) is 0 Å². The van der Waals surface area contributed by atoms with E-state index in [1.165, 1.54) is 17.7 Å². The summed E-state index contributed by atoms with van der Waals surface area (Å²) in [5, 5.41) is 11.9. The van der Waals surface area contributed by atoms with Gasteiger partial charge in [-0.1, -0.05) is 30.3 Å². The van der Waals surface area contributed by atoms with Crippen molar-refractivity contribution in [3.63, 3.8) is 0 Å². The van der Waals surface area contributed by atoms with Gasteiger partial charge in [0.15, 0.2) is 5.82 Å². The highest BCUT2D eigenvalue weighted by Crippen LogP contribution is 2.32. The predicted molar refractivity (Wildman–Crippen MR) is 120 cm³/mol. The van der Waals surface area contributed by atoms with Gasteiger partial charge in [0.05, 0.1) is 28.4 Å². The van der Waals surface area contributed by atoms with E-state index in [0.29, 0.717) is 5.82 Å². The molecule has 0 unspecified atom stereocenters. The molecule has 1 aliphatic rings. The Labute approximate surface area is 177 Å². The molecule has 6 rings (SSSR count). The number of rotatable bonds is 3. The lowest BCUT2D eigenvalue weighted by Crippen LogP contribution is -2.20. The second-order valence-electron chi connectivity index (χ2n) is 7.66. The molecule has 3 N–H and O–H groups in total. The Morgan fingerprint density at radius 1 is 1.00 bits per heavy atom. The van der Waals surface area contributed by atoms with Crippen molar-refractivity contribution in [1.29, 1.82) is 0 Å². The summed E-state index contributed by atoms with van der Waals surface area (Å²) in [7, 11) is 0. The number of pyridine rings is 1. The summed E-state index contributed by atoms with van der Waals surface area (Å²) in [5.41, 5.74) is 7.44. The van der Waals surface area contributed by atoms with Crippen LogP contribution in [0.25, 0.3) is 50.2 Å². The van der Waals surface area contributed by atoms with Gasteiger partial charge in [-0.2, -0.15) is 5.10 Å². The van der Waals surface area contributed by atoms with E-state index in [1.54, 1.807) is 12.1 Å². The Morgan fingerprint density at radius 2 is 1.90 bits per heavy atom. The minimum atomic E-state index is -0.255. The Bertz CT molecular complexity index is 1440. The van der Waals surface area contributed by atoms with Crippen LogP contribution in [0.15, 0.2) is 60.8 Å². The first-order valence-corrected chi connectivity index (χ1v) is 10.3. The maximum atomic E-state index is 13.4. The number of fused-ring (bicyclic) bond motifs is 2. The predicted octanol–water partition coefficient (Wildman–Crippen LogP) is 4.68. The molecule has 5 aromatic rings. The van der Waals surface area contributed by atoms with Crippen LogP contribution >= 0.6 is 0 Å². The van der Waals surface area contributed by atoms with E-state index in [-0.39, 0.29) is 5.82 Å². The third-order valence-corrected chi connectivity index (χ3v) is 5.73. The van der Waals surface area contributed by atoms with Crippen molar-refractivity contribution in [3.8, 4) is 22.6 Å². The van der Waals surface area contributed by atoms with Crippen LogP contribution in [0, 0.1) is 5.82 Å². The first-order chi connectivity index (χ1) is 15.3. The standard InChI is InChI=1S/C24H19FN6/c25-16-6-4-14(5-7-16)17-2-1-3-19-22(17)29-24(28-19)23-18-12-20(15-8-10-26-11-9-15)27-13-21(18)30-31-23/h1-8,12-13,26H,9-11H2,(H,28,29)(H,30,31). The number of H-pyrrole nitrogens is 2. The summed E-state index contributed by atoms with van der Waals surface area (Å²) in [4.78, 5) is 12.9. The highest BCUT2D eigenvalue weighted by Gasteiger charge is 2.17. The molecule has 0 bridgehead atoms. The highest BCUT2D eigenvalue weighted by atomic mass is 19.1. The van der Waals surface area contributed by atoms with E-state index in [9.17, 15) is 4.39 Å². The molecular weight excluding hydrogens is 391 g/mol. The van der Waals surface area contributed by atoms with Gasteiger partial charge < -0.3 is 10.3 Å². The van der Waals surface area contributed by atoms with Gasteiger partial charge in [-0.25, -0.2) is 9.37 Å². The number of hydrogen-bond donors (Lipinski definition) is 3. The van der Waals surface area contributed by atoms with Gasteiger partial charge in [-0.15, -0.1) is 0 Å². The molecule has 0 radical (unpaired) electrons. The number of hydrogen-bond acceptors (Lipinski definition) is 4. The third kappa shape index (κ3) is 3.10. The quantitative estimate of drug-likeness (QED) is 0.403. The molecule has 0 saturated heterocycles. The largest absolute Gasteiger partial charge is 0.337 e. The zero-order valence-corrected chi connectivity index (χ0v) is 16.6. The van der Waals surface area contributed by atoms with Crippen LogP contribution in [0.3, 0.4) is 0 Å². The average molecular weight is 410 g/mol. The third-order valence-electron chi connectivity index (χ3n) is 5.73. The summed E-state index contributed by atoms with van der Waals surface area (Å²) in [6, 6.07) is 14.5. The number of benzene rings is 2. The van der Waals surface area contributed by atoms with Crippen LogP contribution in [0.2, 0.25) is 0 Å². The maximum absolute atomic E-state index is 13.4. The Balaban J connectivity index is 1.48. The molecule has 0 fully saturated rings. The zero-order chi connectivity index (χ0) is 20.8. The van der Waals surface area contributed by atoms with Crippen LogP contribution in [0.5, 0.6) is 0 Å². The molecular formula is C24H19FN6. The number of halogens is 1. The molecule has 0 atom stereocenters. The first kappa shape index (κ1) is 18.0. The van der Waals surface area contributed by atoms with Gasteiger partial charge in [0.2, 0.25) is 0 Å². The second kappa shape index (κ2) is 7.14. The van der Waals surface area contributed by atoms with Crippen molar-refractivity contribution >= 4 is 27.5 Å². The Hall–Kier alpha value is -3.84. The SMILES string of the molecule is Fc1ccc(-c2cccc3[nH]c(-c4n[nH]c5cnc(C6=CCNCC6)cc45)nc23)cc1. The average Bonchev–Trinajstić information content (AvgIpc) is 3.43. The van der Waals surface area contributed by atoms with Crippen molar-refractivity contribution in [3.05, 3.63) is 72.3 Å². The molecule has 4 heterocycles. The van der Waals surface area contributed by atoms with Gasteiger partial charge in [0.1, 0.15) is 11.5 Å². The fourth-order valence-corrected chi connectivity index (χ4v) is 4.13. The van der Waals surface area contributed by atoms with Crippen LogP contribution < -0.4 is 5.32 Å². The maximum Gasteiger partial charge on any atom is 0.159 e. The van der Waals surface area contributed by atoms with E-state index in [0.717, 1.165) is 64.0 Å². The number of aromatic amines is 2. The Kier molecular flexibility index (Phi) is 4.14. The smallest absolute Gasteiger partial charge is 0.159 e. The number of imidazole rings is 1. The molecule has 3 aromatic heterocycles. The zero-order valence-electron chi connectivity index (χ0n) is 16.6. The van der Waals surface area contributed by atoms with Gasteiger partial charge in [-0.05, 0) is 48.4 Å². The van der Waals surface area contributed by atoms with E-state index in [1.807, 2.05) is 24.4 Å². The molecule has 0 aliphatic carbocycles. The van der Waals surface area contributed by atoms with Crippen molar-refractivity contribution in [1.82, 2.24) is 30.5 Å². The van der Waals surface area contributed by atoms with E-state index >= 15 is 0 Å². The molecule has 31 heavy (non-hydrogen) atoms. The lowest BCUT2D eigenvalue weighted by atomic mass is 10.0. The Morgan fingerprint density at radius 3 is 2.74 bits per heavy atom.